The average molecular weight is 504 g/mol. The van der Waals surface area contributed by atoms with Crippen molar-refractivity contribution in [3.63, 3.8) is 0 Å². The van der Waals surface area contributed by atoms with Crippen molar-refractivity contribution < 1.29 is 4.74 Å². The van der Waals surface area contributed by atoms with E-state index in [1.165, 1.54) is 69.9 Å². The van der Waals surface area contributed by atoms with Gasteiger partial charge in [0, 0.05) is 40.2 Å². The molecular weight excluding hydrogens is 470 g/mol. The zero-order valence-corrected chi connectivity index (χ0v) is 23.0. The van der Waals surface area contributed by atoms with Crippen LogP contribution in [0.4, 0.5) is 0 Å². The quantitative estimate of drug-likeness (QED) is 0.225. The van der Waals surface area contributed by atoms with Crippen LogP contribution in [0, 0.1) is 19.8 Å². The van der Waals surface area contributed by atoms with Crippen LogP contribution in [0.25, 0.3) is 43.6 Å². The van der Waals surface area contributed by atoms with Crippen LogP contribution < -0.4 is 0 Å². The SMILES string of the molecule is Cc1ccc2c(CC(C)C)c3c(c(C)c2c1)-c1nccc2c1c(cc1ccc(C4CCOCC4)cc12)S3. The highest BCUT2D eigenvalue weighted by Crippen LogP contribution is 2.53. The Labute approximate surface area is 223 Å². The van der Waals surface area contributed by atoms with Crippen molar-refractivity contribution in [3.8, 4) is 11.3 Å². The standard InChI is InChI=1S/C34H33NOS/c1-19(2)15-29-25-8-5-20(3)16-27(25)21(4)31-33-32-26(9-12-35-33)28-17-23(22-10-13-36-14-11-22)6-7-24(28)18-30(32)37-34(29)31/h5-9,12,16-19,22H,10-11,13-15H2,1-4H3. The summed E-state index contributed by atoms with van der Waals surface area (Å²) >= 11 is 1.97. The highest BCUT2D eigenvalue weighted by atomic mass is 32.2. The zero-order chi connectivity index (χ0) is 25.3. The summed E-state index contributed by atoms with van der Waals surface area (Å²) in [6.45, 7) is 10.9. The maximum Gasteiger partial charge on any atom is 0.0806 e. The summed E-state index contributed by atoms with van der Waals surface area (Å²) in [5.41, 5.74) is 8.10. The summed E-state index contributed by atoms with van der Waals surface area (Å²) in [6.07, 6.45) is 5.33. The van der Waals surface area contributed by atoms with Gasteiger partial charge in [0.1, 0.15) is 0 Å². The van der Waals surface area contributed by atoms with E-state index < -0.39 is 0 Å². The van der Waals surface area contributed by atoms with E-state index in [4.69, 9.17) is 9.72 Å². The molecule has 3 heterocycles. The van der Waals surface area contributed by atoms with Gasteiger partial charge in [-0.2, -0.15) is 0 Å². The number of aromatic nitrogens is 1. The van der Waals surface area contributed by atoms with Gasteiger partial charge in [-0.25, -0.2) is 0 Å². The maximum atomic E-state index is 5.64. The monoisotopic (exact) mass is 503 g/mol. The number of hydrogen-bond donors (Lipinski definition) is 0. The van der Waals surface area contributed by atoms with Gasteiger partial charge in [0.2, 0.25) is 0 Å². The second-order valence-electron chi connectivity index (χ2n) is 11.4. The van der Waals surface area contributed by atoms with Crippen LogP contribution >= 0.6 is 11.8 Å². The van der Waals surface area contributed by atoms with E-state index in [-0.39, 0.29) is 0 Å². The van der Waals surface area contributed by atoms with E-state index in [1.807, 2.05) is 18.0 Å². The van der Waals surface area contributed by atoms with Crippen molar-refractivity contribution in [2.75, 3.05) is 13.2 Å². The molecule has 2 aliphatic heterocycles. The minimum Gasteiger partial charge on any atom is -0.381 e. The number of ether oxygens (including phenoxy) is 1. The van der Waals surface area contributed by atoms with Gasteiger partial charge >= 0.3 is 0 Å². The third-order valence-electron chi connectivity index (χ3n) is 8.39. The number of pyridine rings is 1. The van der Waals surface area contributed by atoms with Crippen molar-refractivity contribution in [2.45, 2.75) is 62.7 Å². The number of fused-ring (bicyclic) bond motifs is 5. The molecule has 5 aromatic rings. The van der Waals surface area contributed by atoms with E-state index in [0.717, 1.165) is 38.2 Å². The fourth-order valence-electron chi connectivity index (χ4n) is 6.57. The van der Waals surface area contributed by atoms with Gasteiger partial charge in [-0.1, -0.05) is 67.6 Å². The second-order valence-corrected chi connectivity index (χ2v) is 12.4. The Morgan fingerprint density at radius 3 is 2.57 bits per heavy atom. The highest BCUT2D eigenvalue weighted by molar-refractivity contribution is 8.00. The first-order valence-electron chi connectivity index (χ1n) is 13.7. The zero-order valence-electron chi connectivity index (χ0n) is 22.2. The predicted molar refractivity (Wildman–Crippen MR) is 157 cm³/mol. The molecule has 0 N–H and O–H groups in total. The van der Waals surface area contributed by atoms with Gasteiger partial charge < -0.3 is 4.74 Å². The Hall–Kier alpha value is -2.88. The van der Waals surface area contributed by atoms with Crippen LogP contribution in [-0.2, 0) is 11.2 Å². The molecule has 1 fully saturated rings. The molecule has 186 valence electrons. The Kier molecular flexibility index (Phi) is 5.56. The molecule has 4 aromatic carbocycles. The molecule has 0 aliphatic carbocycles. The van der Waals surface area contributed by atoms with Crippen molar-refractivity contribution >= 4 is 44.1 Å². The summed E-state index contributed by atoms with van der Waals surface area (Å²) in [6, 6.07) is 18.8. The van der Waals surface area contributed by atoms with Crippen LogP contribution in [0.15, 0.2) is 64.5 Å². The highest BCUT2D eigenvalue weighted by Gasteiger charge is 2.28. The molecule has 0 spiro atoms. The molecule has 3 heteroatoms. The molecule has 0 amide bonds. The molecule has 0 bridgehead atoms. The Morgan fingerprint density at radius 2 is 1.76 bits per heavy atom. The summed E-state index contributed by atoms with van der Waals surface area (Å²) < 4.78 is 5.64. The van der Waals surface area contributed by atoms with Crippen LogP contribution in [0.3, 0.4) is 0 Å². The molecule has 0 atom stereocenters. The first-order valence-corrected chi connectivity index (χ1v) is 14.5. The topological polar surface area (TPSA) is 22.1 Å². The lowest BCUT2D eigenvalue weighted by molar-refractivity contribution is 0.0853. The van der Waals surface area contributed by atoms with E-state index in [0.29, 0.717) is 11.8 Å². The first kappa shape index (κ1) is 23.3. The van der Waals surface area contributed by atoms with Gasteiger partial charge in [-0.05, 0) is 101 Å². The lowest BCUT2D eigenvalue weighted by Gasteiger charge is -2.27. The van der Waals surface area contributed by atoms with Crippen molar-refractivity contribution in [3.05, 3.63) is 77.0 Å². The van der Waals surface area contributed by atoms with Crippen LogP contribution in [0.1, 0.15) is 54.9 Å². The van der Waals surface area contributed by atoms with Gasteiger partial charge in [0.25, 0.3) is 0 Å². The molecule has 1 aromatic heterocycles. The fraction of sp³-hybridized carbons (Fsp3) is 0.324. The normalized spacial score (nSPS) is 15.7. The second kappa shape index (κ2) is 8.85. The molecule has 0 radical (unpaired) electrons. The largest absolute Gasteiger partial charge is 0.381 e. The number of benzene rings is 4. The molecule has 2 aliphatic rings. The fourth-order valence-corrected chi connectivity index (χ4v) is 7.95. The van der Waals surface area contributed by atoms with Gasteiger partial charge in [-0.15, -0.1) is 0 Å². The third kappa shape index (κ3) is 3.70. The Bertz CT molecular complexity index is 1710. The Balaban J connectivity index is 1.53. The molecule has 7 rings (SSSR count). The van der Waals surface area contributed by atoms with Crippen molar-refractivity contribution in [1.29, 1.82) is 0 Å². The third-order valence-corrected chi connectivity index (χ3v) is 9.58. The lowest BCUT2D eigenvalue weighted by atomic mass is 9.86. The van der Waals surface area contributed by atoms with Gasteiger partial charge in [0.05, 0.1) is 5.69 Å². The van der Waals surface area contributed by atoms with E-state index in [2.05, 4.69) is 76.2 Å². The number of hydrogen-bond acceptors (Lipinski definition) is 3. The van der Waals surface area contributed by atoms with Gasteiger partial charge in [0.15, 0.2) is 0 Å². The minimum absolute atomic E-state index is 0.585. The molecule has 0 unspecified atom stereocenters. The predicted octanol–water partition coefficient (Wildman–Crippen LogP) is 9.38. The molecule has 1 saturated heterocycles. The van der Waals surface area contributed by atoms with E-state index >= 15 is 0 Å². The van der Waals surface area contributed by atoms with E-state index in [1.54, 1.807) is 0 Å². The van der Waals surface area contributed by atoms with Gasteiger partial charge in [-0.3, -0.25) is 4.98 Å². The molecular formula is C34H33NOS. The number of aryl methyl sites for hydroxylation is 2. The van der Waals surface area contributed by atoms with Crippen LogP contribution in [-0.4, -0.2) is 18.2 Å². The number of rotatable bonds is 3. The van der Waals surface area contributed by atoms with Crippen LogP contribution in [0.2, 0.25) is 0 Å². The lowest BCUT2D eigenvalue weighted by Crippen LogP contribution is -2.13. The first-order chi connectivity index (χ1) is 18.0. The summed E-state index contributed by atoms with van der Waals surface area (Å²) in [5, 5.41) is 8.11. The van der Waals surface area contributed by atoms with Crippen LogP contribution in [0.5, 0.6) is 0 Å². The smallest absolute Gasteiger partial charge is 0.0806 e. The number of nitrogens with zero attached hydrogens (tertiary/aromatic N) is 1. The maximum absolute atomic E-state index is 5.64. The summed E-state index contributed by atoms with van der Waals surface area (Å²) in [7, 11) is 0. The molecule has 37 heavy (non-hydrogen) atoms. The molecule has 0 saturated carbocycles. The van der Waals surface area contributed by atoms with E-state index in [9.17, 15) is 0 Å². The minimum atomic E-state index is 0.585. The van der Waals surface area contributed by atoms with Crippen molar-refractivity contribution in [1.82, 2.24) is 4.98 Å². The summed E-state index contributed by atoms with van der Waals surface area (Å²) in [5.74, 6) is 1.18. The summed E-state index contributed by atoms with van der Waals surface area (Å²) in [4.78, 5) is 7.83. The average Bonchev–Trinajstić information content (AvgIpc) is 2.91. The molecule has 2 nitrogen and oxygen atoms in total. The Morgan fingerprint density at radius 1 is 0.919 bits per heavy atom. The van der Waals surface area contributed by atoms with Crippen molar-refractivity contribution in [2.24, 2.45) is 5.92 Å².